The lowest BCUT2D eigenvalue weighted by molar-refractivity contribution is 0.0158. The monoisotopic (exact) mass is 352 g/mol. The molecule has 3 heteroatoms. The van der Waals surface area contributed by atoms with Crippen molar-refractivity contribution in [2.45, 2.75) is 44.7 Å². The van der Waals surface area contributed by atoms with E-state index in [2.05, 4.69) is 55.8 Å². The summed E-state index contributed by atoms with van der Waals surface area (Å²) in [5.41, 5.74) is 5.63. The van der Waals surface area contributed by atoms with E-state index >= 15 is 0 Å². The summed E-state index contributed by atoms with van der Waals surface area (Å²) < 4.78 is 13.4. The van der Waals surface area contributed by atoms with E-state index in [1.807, 2.05) is 12.1 Å². The highest BCUT2D eigenvalue weighted by Crippen LogP contribution is 2.47. The Bertz CT molecular complexity index is 796. The molecule has 0 spiro atoms. The standard InChI is InChI=1S/C23H29FN2/c1-16-5-10-19-20(17-6-8-18(24)9-7-17)14-22(21(19)13-16)26-12-11-25(4)23(2,3)15-26/h5-10,13,20,22H,11-12,14-15H2,1-4H3/t20-,22+/m0/s1. The van der Waals surface area contributed by atoms with E-state index < -0.39 is 0 Å². The molecular formula is C23H29FN2. The number of hydrogen-bond donors (Lipinski definition) is 0. The second kappa shape index (κ2) is 6.47. The van der Waals surface area contributed by atoms with Crippen molar-refractivity contribution in [2.24, 2.45) is 0 Å². The van der Waals surface area contributed by atoms with Crippen LogP contribution < -0.4 is 0 Å². The third kappa shape index (κ3) is 3.08. The fraction of sp³-hybridized carbons (Fsp3) is 0.478. The van der Waals surface area contributed by atoms with E-state index in [-0.39, 0.29) is 11.4 Å². The molecule has 0 radical (unpaired) electrons. The Morgan fingerprint density at radius 1 is 1.00 bits per heavy atom. The molecule has 1 fully saturated rings. The lowest BCUT2D eigenvalue weighted by Crippen LogP contribution is -2.58. The molecule has 138 valence electrons. The third-order valence-electron chi connectivity index (χ3n) is 6.49. The van der Waals surface area contributed by atoms with Gasteiger partial charge < -0.3 is 0 Å². The van der Waals surface area contributed by atoms with Crippen molar-refractivity contribution in [3.8, 4) is 0 Å². The van der Waals surface area contributed by atoms with Crippen LogP contribution in [-0.2, 0) is 0 Å². The molecule has 2 nitrogen and oxygen atoms in total. The molecule has 2 aliphatic rings. The SMILES string of the molecule is Cc1ccc2c(c1)[C@H](N1CCN(C)C(C)(C)C1)C[C@H]2c1ccc(F)cc1. The molecule has 2 atom stereocenters. The lowest BCUT2D eigenvalue weighted by Gasteiger charge is -2.47. The molecule has 1 heterocycles. The molecular weight excluding hydrogens is 323 g/mol. The summed E-state index contributed by atoms with van der Waals surface area (Å²) in [7, 11) is 2.23. The molecule has 26 heavy (non-hydrogen) atoms. The van der Waals surface area contributed by atoms with Gasteiger partial charge in [0.05, 0.1) is 0 Å². The van der Waals surface area contributed by atoms with Gasteiger partial charge in [0.2, 0.25) is 0 Å². The van der Waals surface area contributed by atoms with Crippen LogP contribution in [0.2, 0.25) is 0 Å². The van der Waals surface area contributed by atoms with Crippen molar-refractivity contribution < 1.29 is 4.39 Å². The minimum atomic E-state index is -0.159. The highest BCUT2D eigenvalue weighted by molar-refractivity contribution is 5.46. The maximum absolute atomic E-state index is 13.4. The Morgan fingerprint density at radius 3 is 2.42 bits per heavy atom. The molecule has 0 amide bonds. The van der Waals surface area contributed by atoms with E-state index in [0.717, 1.165) is 26.1 Å². The minimum Gasteiger partial charge on any atom is -0.299 e. The fourth-order valence-corrected chi connectivity index (χ4v) is 4.68. The smallest absolute Gasteiger partial charge is 0.123 e. The number of aryl methyl sites for hydroxylation is 1. The number of fused-ring (bicyclic) bond motifs is 1. The minimum absolute atomic E-state index is 0.159. The average molecular weight is 352 g/mol. The van der Waals surface area contributed by atoms with Crippen LogP contribution in [0.15, 0.2) is 42.5 Å². The van der Waals surface area contributed by atoms with Crippen LogP contribution in [0.1, 0.15) is 54.5 Å². The Labute approximate surface area is 156 Å². The first-order chi connectivity index (χ1) is 12.3. The van der Waals surface area contributed by atoms with Crippen LogP contribution in [0.5, 0.6) is 0 Å². The van der Waals surface area contributed by atoms with Crippen molar-refractivity contribution in [1.29, 1.82) is 0 Å². The number of likely N-dealkylation sites (N-methyl/N-ethyl adjacent to an activating group) is 1. The quantitative estimate of drug-likeness (QED) is 0.770. The van der Waals surface area contributed by atoms with Crippen LogP contribution in [0.3, 0.4) is 0 Å². The largest absolute Gasteiger partial charge is 0.299 e. The van der Waals surface area contributed by atoms with Gasteiger partial charge in [0.1, 0.15) is 5.82 Å². The van der Waals surface area contributed by atoms with Crippen LogP contribution in [0.4, 0.5) is 4.39 Å². The highest BCUT2D eigenvalue weighted by Gasteiger charge is 2.40. The van der Waals surface area contributed by atoms with Crippen molar-refractivity contribution in [3.05, 3.63) is 70.5 Å². The maximum Gasteiger partial charge on any atom is 0.123 e. The number of hydrogen-bond acceptors (Lipinski definition) is 2. The summed E-state index contributed by atoms with van der Waals surface area (Å²) in [6.07, 6.45) is 1.09. The topological polar surface area (TPSA) is 6.48 Å². The van der Waals surface area contributed by atoms with E-state index in [1.54, 1.807) is 12.1 Å². The molecule has 1 saturated heterocycles. The first-order valence-electron chi connectivity index (χ1n) is 9.66. The first-order valence-corrected chi connectivity index (χ1v) is 9.66. The van der Waals surface area contributed by atoms with Gasteiger partial charge in [0.25, 0.3) is 0 Å². The van der Waals surface area contributed by atoms with Gasteiger partial charge >= 0.3 is 0 Å². The van der Waals surface area contributed by atoms with Gasteiger partial charge in [-0.25, -0.2) is 4.39 Å². The number of rotatable bonds is 2. The molecule has 2 aromatic rings. The average Bonchev–Trinajstić information content (AvgIpc) is 2.96. The predicted molar refractivity (Wildman–Crippen MR) is 105 cm³/mol. The van der Waals surface area contributed by atoms with Crippen molar-refractivity contribution >= 4 is 0 Å². The zero-order valence-electron chi connectivity index (χ0n) is 16.3. The molecule has 1 aliphatic heterocycles. The Kier molecular flexibility index (Phi) is 4.40. The Hall–Kier alpha value is -1.71. The van der Waals surface area contributed by atoms with Crippen molar-refractivity contribution in [1.82, 2.24) is 9.80 Å². The molecule has 0 bridgehead atoms. The van der Waals surface area contributed by atoms with E-state index in [1.165, 1.54) is 22.3 Å². The van der Waals surface area contributed by atoms with Gasteiger partial charge in [-0.1, -0.05) is 35.9 Å². The summed E-state index contributed by atoms with van der Waals surface area (Å²) in [6, 6.07) is 14.4. The summed E-state index contributed by atoms with van der Waals surface area (Å²) in [6.45, 7) is 10.1. The summed E-state index contributed by atoms with van der Waals surface area (Å²) in [5.74, 6) is 0.201. The van der Waals surface area contributed by atoms with Gasteiger partial charge in [-0.3, -0.25) is 9.80 Å². The lowest BCUT2D eigenvalue weighted by atomic mass is 9.92. The van der Waals surface area contributed by atoms with Gasteiger partial charge in [0.15, 0.2) is 0 Å². The summed E-state index contributed by atoms with van der Waals surface area (Å²) in [5, 5.41) is 0. The van der Waals surface area contributed by atoms with E-state index in [9.17, 15) is 4.39 Å². The molecule has 2 aromatic carbocycles. The molecule has 4 rings (SSSR count). The second-order valence-electron chi connectivity index (χ2n) is 8.69. The van der Waals surface area contributed by atoms with Crippen molar-refractivity contribution in [3.63, 3.8) is 0 Å². The molecule has 0 aromatic heterocycles. The van der Waals surface area contributed by atoms with E-state index in [0.29, 0.717) is 12.0 Å². The van der Waals surface area contributed by atoms with Gasteiger partial charge in [-0.05, 0) is 63.1 Å². The van der Waals surface area contributed by atoms with Crippen LogP contribution in [0, 0.1) is 12.7 Å². The molecule has 0 saturated carbocycles. The Morgan fingerprint density at radius 2 is 1.73 bits per heavy atom. The zero-order chi connectivity index (χ0) is 18.5. The third-order valence-corrected chi connectivity index (χ3v) is 6.49. The van der Waals surface area contributed by atoms with Crippen LogP contribution in [-0.4, -0.2) is 42.0 Å². The van der Waals surface area contributed by atoms with Crippen LogP contribution in [0.25, 0.3) is 0 Å². The highest BCUT2D eigenvalue weighted by atomic mass is 19.1. The van der Waals surface area contributed by atoms with Gasteiger partial charge in [-0.15, -0.1) is 0 Å². The van der Waals surface area contributed by atoms with E-state index in [4.69, 9.17) is 0 Å². The number of nitrogens with zero attached hydrogens (tertiary/aromatic N) is 2. The molecule has 0 unspecified atom stereocenters. The summed E-state index contributed by atoms with van der Waals surface area (Å²) in [4.78, 5) is 5.13. The molecule has 1 aliphatic carbocycles. The second-order valence-corrected chi connectivity index (χ2v) is 8.69. The Balaban J connectivity index is 1.69. The number of benzene rings is 2. The maximum atomic E-state index is 13.4. The van der Waals surface area contributed by atoms with Crippen LogP contribution >= 0.6 is 0 Å². The fourth-order valence-electron chi connectivity index (χ4n) is 4.68. The number of halogens is 1. The zero-order valence-corrected chi connectivity index (χ0v) is 16.3. The predicted octanol–water partition coefficient (Wildman–Crippen LogP) is 4.74. The first kappa shape index (κ1) is 17.7. The normalized spacial score (nSPS) is 26.0. The number of piperazine rings is 1. The summed E-state index contributed by atoms with van der Waals surface area (Å²) >= 11 is 0. The van der Waals surface area contributed by atoms with Gasteiger partial charge in [0, 0.05) is 37.1 Å². The van der Waals surface area contributed by atoms with Crippen molar-refractivity contribution in [2.75, 3.05) is 26.7 Å². The molecule has 0 N–H and O–H groups in total. The van der Waals surface area contributed by atoms with Gasteiger partial charge in [-0.2, -0.15) is 0 Å².